The standard InChI is InChI=1S/C17H14N4O5S/c22-8-11-2-1-3-12(15(11)23)19-17-16(20-27(24)21-17)18-7-10-4-5-13-14(6-10)26-9-25-13/h1-6,8,23H,7,9H2,(H,18,20)(H,19,21). The minimum Gasteiger partial charge on any atom is -0.505 e. The van der Waals surface area contributed by atoms with E-state index in [0.717, 1.165) is 5.56 Å². The number of ether oxygens (including phenoxy) is 2. The lowest BCUT2D eigenvalue weighted by Crippen LogP contribution is -2.33. The van der Waals surface area contributed by atoms with Crippen molar-refractivity contribution in [2.45, 2.75) is 6.54 Å². The molecule has 3 N–H and O–H groups in total. The summed E-state index contributed by atoms with van der Waals surface area (Å²) in [6.07, 6.45) is 0.544. The average molecular weight is 386 g/mol. The SMILES string of the molecule is O=Cc1cccc(NC2=NS(=O)N=C2NCc2ccc3c(c2)OCO3)c1O. The number of hydrogen-bond donors (Lipinski definition) is 3. The van der Waals surface area contributed by atoms with Gasteiger partial charge in [-0.2, -0.15) is 0 Å². The van der Waals surface area contributed by atoms with Crippen LogP contribution in [0.15, 0.2) is 45.2 Å². The van der Waals surface area contributed by atoms with Crippen LogP contribution in [0.2, 0.25) is 0 Å². The summed E-state index contributed by atoms with van der Waals surface area (Å²) >= 11 is -1.77. The van der Waals surface area contributed by atoms with Gasteiger partial charge in [0.25, 0.3) is 11.2 Å². The van der Waals surface area contributed by atoms with E-state index in [1.165, 1.54) is 6.07 Å². The van der Waals surface area contributed by atoms with Crippen LogP contribution in [0.1, 0.15) is 15.9 Å². The first-order valence-corrected chi connectivity index (χ1v) is 8.97. The number of hydrogen-bond acceptors (Lipinski definition) is 7. The summed E-state index contributed by atoms with van der Waals surface area (Å²) in [6, 6.07) is 10.2. The Balaban J connectivity index is 1.48. The number of benzene rings is 2. The van der Waals surface area contributed by atoms with Crippen molar-refractivity contribution >= 4 is 34.8 Å². The van der Waals surface area contributed by atoms with Crippen molar-refractivity contribution in [1.29, 1.82) is 0 Å². The summed E-state index contributed by atoms with van der Waals surface area (Å²) in [4.78, 5) is 11.0. The van der Waals surface area contributed by atoms with Crippen LogP contribution in [0.3, 0.4) is 0 Å². The van der Waals surface area contributed by atoms with Crippen LogP contribution in [-0.4, -0.2) is 34.1 Å². The molecule has 0 saturated heterocycles. The fraction of sp³-hybridized carbons (Fsp3) is 0.118. The van der Waals surface area contributed by atoms with Gasteiger partial charge >= 0.3 is 0 Å². The van der Waals surface area contributed by atoms with Crippen molar-refractivity contribution < 1.29 is 23.6 Å². The van der Waals surface area contributed by atoms with Gasteiger partial charge in [0.1, 0.15) is 5.75 Å². The van der Waals surface area contributed by atoms with Crippen molar-refractivity contribution in [3.63, 3.8) is 0 Å². The summed E-state index contributed by atoms with van der Waals surface area (Å²) in [5.41, 5.74) is 1.30. The fourth-order valence-electron chi connectivity index (χ4n) is 2.58. The lowest BCUT2D eigenvalue weighted by atomic mass is 10.2. The molecule has 9 nitrogen and oxygen atoms in total. The molecule has 2 aliphatic rings. The minimum atomic E-state index is -1.77. The van der Waals surface area contributed by atoms with Gasteiger partial charge in [-0.25, -0.2) is 4.21 Å². The number of para-hydroxylation sites is 1. The number of fused-ring (bicyclic) bond motifs is 1. The molecule has 0 aliphatic carbocycles. The van der Waals surface area contributed by atoms with Crippen LogP contribution >= 0.6 is 0 Å². The number of phenolic OH excluding ortho intramolecular Hbond substituents is 1. The highest BCUT2D eigenvalue weighted by atomic mass is 32.2. The second kappa shape index (κ2) is 7.08. The first-order chi connectivity index (χ1) is 13.1. The largest absolute Gasteiger partial charge is 0.505 e. The molecule has 0 radical (unpaired) electrons. The molecule has 0 aromatic heterocycles. The van der Waals surface area contributed by atoms with E-state index in [1.807, 2.05) is 18.2 Å². The van der Waals surface area contributed by atoms with Gasteiger partial charge in [-0.15, -0.1) is 8.80 Å². The lowest BCUT2D eigenvalue weighted by molar-refractivity contribution is 0.112. The number of anilines is 1. The van der Waals surface area contributed by atoms with E-state index in [9.17, 15) is 14.1 Å². The molecule has 1 unspecified atom stereocenters. The monoisotopic (exact) mass is 386 g/mol. The third-order valence-electron chi connectivity index (χ3n) is 3.91. The second-order valence-corrected chi connectivity index (χ2v) is 6.46. The normalized spacial score (nSPS) is 17.3. The van der Waals surface area contributed by atoms with Gasteiger partial charge < -0.3 is 25.2 Å². The maximum Gasteiger partial charge on any atom is 0.269 e. The minimum absolute atomic E-state index is 0.131. The Morgan fingerprint density at radius 2 is 1.96 bits per heavy atom. The molecule has 2 heterocycles. The molecule has 10 heteroatoms. The summed E-state index contributed by atoms with van der Waals surface area (Å²) < 4.78 is 30.2. The number of carbonyl (C=O) groups is 1. The Hall–Kier alpha value is -3.40. The Labute approximate surface area is 156 Å². The summed E-state index contributed by atoms with van der Waals surface area (Å²) in [5.74, 6) is 1.61. The van der Waals surface area contributed by atoms with E-state index in [4.69, 9.17) is 9.47 Å². The number of amidine groups is 2. The number of phenols is 1. The highest BCUT2D eigenvalue weighted by Gasteiger charge is 2.21. The molecule has 0 saturated carbocycles. The summed E-state index contributed by atoms with van der Waals surface area (Å²) in [7, 11) is 0. The van der Waals surface area contributed by atoms with Gasteiger partial charge in [0.2, 0.25) is 6.79 Å². The summed E-state index contributed by atoms with van der Waals surface area (Å²) in [6.45, 7) is 0.579. The molecule has 2 aliphatic heterocycles. The molecule has 0 bridgehead atoms. The first kappa shape index (κ1) is 17.0. The lowest BCUT2D eigenvalue weighted by Gasteiger charge is -2.12. The molecule has 4 rings (SSSR count). The molecule has 1 atom stereocenters. The fourth-order valence-corrected chi connectivity index (χ4v) is 3.22. The van der Waals surface area contributed by atoms with E-state index in [1.54, 1.807) is 12.1 Å². The van der Waals surface area contributed by atoms with E-state index in [-0.39, 0.29) is 35.5 Å². The third-order valence-corrected chi connectivity index (χ3v) is 4.58. The highest BCUT2D eigenvalue weighted by molar-refractivity contribution is 7.83. The molecule has 0 fully saturated rings. The van der Waals surface area contributed by atoms with Crippen LogP contribution in [0.4, 0.5) is 5.69 Å². The molecule has 2 aromatic rings. The molecule has 0 spiro atoms. The van der Waals surface area contributed by atoms with Gasteiger partial charge in [-0.3, -0.25) is 4.79 Å². The molecular weight excluding hydrogens is 372 g/mol. The highest BCUT2D eigenvalue weighted by Crippen LogP contribution is 2.32. The Kier molecular flexibility index (Phi) is 4.47. The predicted molar refractivity (Wildman–Crippen MR) is 99.5 cm³/mol. The van der Waals surface area contributed by atoms with E-state index in [0.29, 0.717) is 24.3 Å². The predicted octanol–water partition coefficient (Wildman–Crippen LogP) is 1.52. The van der Waals surface area contributed by atoms with E-state index >= 15 is 0 Å². The van der Waals surface area contributed by atoms with Gasteiger partial charge in [-0.1, -0.05) is 12.1 Å². The number of aldehydes is 1. The number of carbonyl (C=O) groups excluding carboxylic acids is 1. The zero-order chi connectivity index (χ0) is 18.8. The molecule has 138 valence electrons. The van der Waals surface area contributed by atoms with Gasteiger partial charge in [-0.05, 0) is 29.8 Å². The van der Waals surface area contributed by atoms with Crippen LogP contribution in [0, 0.1) is 0 Å². The molecule has 2 aromatic carbocycles. The van der Waals surface area contributed by atoms with E-state index in [2.05, 4.69) is 19.4 Å². The number of nitrogens with one attached hydrogen (secondary N) is 2. The zero-order valence-corrected chi connectivity index (χ0v) is 14.7. The maximum absolute atomic E-state index is 11.7. The van der Waals surface area contributed by atoms with Crippen molar-refractivity contribution in [2.75, 3.05) is 12.1 Å². The van der Waals surface area contributed by atoms with Crippen molar-refractivity contribution in [2.24, 2.45) is 8.80 Å². The van der Waals surface area contributed by atoms with E-state index < -0.39 is 11.2 Å². The van der Waals surface area contributed by atoms with Crippen molar-refractivity contribution in [3.05, 3.63) is 47.5 Å². The number of rotatable bonds is 4. The zero-order valence-electron chi connectivity index (χ0n) is 13.8. The van der Waals surface area contributed by atoms with Crippen molar-refractivity contribution in [1.82, 2.24) is 5.32 Å². The van der Waals surface area contributed by atoms with Gasteiger partial charge in [0, 0.05) is 6.54 Å². The Morgan fingerprint density at radius 3 is 2.81 bits per heavy atom. The van der Waals surface area contributed by atoms with Crippen LogP contribution in [-0.2, 0) is 17.7 Å². The second-order valence-electron chi connectivity index (χ2n) is 5.64. The Bertz CT molecular complexity index is 1000. The summed E-state index contributed by atoms with van der Waals surface area (Å²) in [5, 5.41) is 16.0. The van der Waals surface area contributed by atoms with Crippen LogP contribution < -0.4 is 20.1 Å². The topological polar surface area (TPSA) is 122 Å². The van der Waals surface area contributed by atoms with Gasteiger partial charge in [0.05, 0.1) is 11.3 Å². The number of aromatic hydroxyl groups is 1. The third kappa shape index (κ3) is 3.47. The maximum atomic E-state index is 11.7. The molecular formula is C17H14N4O5S. The smallest absolute Gasteiger partial charge is 0.269 e. The van der Waals surface area contributed by atoms with Crippen molar-refractivity contribution in [3.8, 4) is 17.2 Å². The molecule has 27 heavy (non-hydrogen) atoms. The Morgan fingerprint density at radius 1 is 1.15 bits per heavy atom. The van der Waals surface area contributed by atoms with Crippen LogP contribution in [0.5, 0.6) is 17.2 Å². The van der Waals surface area contributed by atoms with Gasteiger partial charge in [0.15, 0.2) is 29.5 Å². The average Bonchev–Trinajstić information content (AvgIpc) is 3.27. The molecule has 0 amide bonds. The quantitative estimate of drug-likeness (QED) is 0.538. The van der Waals surface area contributed by atoms with Crippen LogP contribution in [0.25, 0.3) is 0 Å². The number of nitrogens with zero attached hydrogens (tertiary/aromatic N) is 2. The first-order valence-electron chi connectivity index (χ1n) is 7.90.